The molecule has 0 aliphatic rings. The number of benzene rings is 1. The van der Waals surface area contributed by atoms with Crippen molar-refractivity contribution in [3.8, 4) is 0 Å². The number of aromatic nitrogens is 2. The molecule has 1 amide bonds. The van der Waals surface area contributed by atoms with E-state index in [4.69, 9.17) is 0 Å². The van der Waals surface area contributed by atoms with Crippen LogP contribution in [0.1, 0.15) is 28.5 Å². The van der Waals surface area contributed by atoms with Crippen molar-refractivity contribution in [3.05, 3.63) is 47.3 Å². The number of amides is 1. The largest absolute Gasteiger partial charge is 0.379 e. The van der Waals surface area contributed by atoms with Gasteiger partial charge in [0, 0.05) is 31.0 Å². The quantitative estimate of drug-likeness (QED) is 0.877. The zero-order chi connectivity index (χ0) is 14.5. The summed E-state index contributed by atoms with van der Waals surface area (Å²) in [4.78, 5) is 11.8. The SMILES string of the molecule is CCn1nccc1CNc1cccc(C(=O)NC)c1C. The van der Waals surface area contributed by atoms with E-state index in [0.717, 1.165) is 23.5 Å². The maximum absolute atomic E-state index is 11.8. The van der Waals surface area contributed by atoms with Gasteiger partial charge in [-0.3, -0.25) is 9.48 Å². The van der Waals surface area contributed by atoms with Crippen LogP contribution in [-0.4, -0.2) is 22.7 Å². The number of hydrogen-bond acceptors (Lipinski definition) is 3. The molecule has 1 aromatic carbocycles. The van der Waals surface area contributed by atoms with Gasteiger partial charge in [-0.1, -0.05) is 6.07 Å². The predicted octanol–water partition coefficient (Wildman–Crippen LogP) is 2.18. The third-order valence-electron chi connectivity index (χ3n) is 3.37. The van der Waals surface area contributed by atoms with E-state index in [0.29, 0.717) is 12.1 Å². The average molecular weight is 272 g/mol. The predicted molar refractivity (Wildman–Crippen MR) is 79.8 cm³/mol. The third kappa shape index (κ3) is 2.82. The molecule has 5 heteroatoms. The molecule has 0 saturated carbocycles. The van der Waals surface area contributed by atoms with E-state index in [2.05, 4.69) is 22.7 Å². The van der Waals surface area contributed by atoms with Crippen molar-refractivity contribution in [3.63, 3.8) is 0 Å². The number of carbonyl (C=O) groups excluding carboxylic acids is 1. The van der Waals surface area contributed by atoms with Crippen LogP contribution in [0, 0.1) is 6.92 Å². The van der Waals surface area contributed by atoms with E-state index in [1.54, 1.807) is 13.2 Å². The Labute approximate surface area is 119 Å². The van der Waals surface area contributed by atoms with Crippen molar-refractivity contribution in [2.45, 2.75) is 26.9 Å². The first-order valence-corrected chi connectivity index (χ1v) is 6.73. The van der Waals surface area contributed by atoms with Crippen LogP contribution in [0.25, 0.3) is 0 Å². The molecule has 0 unspecified atom stereocenters. The van der Waals surface area contributed by atoms with Gasteiger partial charge in [0.2, 0.25) is 0 Å². The van der Waals surface area contributed by atoms with Gasteiger partial charge in [0.1, 0.15) is 0 Å². The fourth-order valence-corrected chi connectivity index (χ4v) is 2.19. The Morgan fingerprint density at radius 3 is 2.85 bits per heavy atom. The Morgan fingerprint density at radius 1 is 1.35 bits per heavy atom. The minimum atomic E-state index is -0.0650. The van der Waals surface area contributed by atoms with Crippen LogP contribution < -0.4 is 10.6 Å². The standard InChI is InChI=1S/C15H20N4O/c1-4-19-12(8-9-18-19)10-17-14-7-5-6-13(11(14)2)15(20)16-3/h5-9,17H,4,10H2,1-3H3,(H,16,20). The van der Waals surface area contributed by atoms with Crippen molar-refractivity contribution >= 4 is 11.6 Å². The molecule has 0 spiro atoms. The maximum Gasteiger partial charge on any atom is 0.251 e. The van der Waals surface area contributed by atoms with Gasteiger partial charge in [0.05, 0.1) is 12.2 Å². The molecule has 0 fully saturated rings. The van der Waals surface area contributed by atoms with E-state index in [-0.39, 0.29) is 5.91 Å². The van der Waals surface area contributed by atoms with Crippen LogP contribution in [0.5, 0.6) is 0 Å². The Morgan fingerprint density at radius 2 is 2.15 bits per heavy atom. The molecule has 0 aliphatic carbocycles. The number of nitrogens with one attached hydrogen (secondary N) is 2. The second-order valence-electron chi connectivity index (χ2n) is 4.55. The Balaban J connectivity index is 2.16. The smallest absolute Gasteiger partial charge is 0.251 e. The van der Waals surface area contributed by atoms with E-state index in [9.17, 15) is 4.79 Å². The lowest BCUT2D eigenvalue weighted by molar-refractivity contribution is 0.0962. The van der Waals surface area contributed by atoms with Gasteiger partial charge in [0.25, 0.3) is 5.91 Å². The van der Waals surface area contributed by atoms with Gasteiger partial charge in [-0.05, 0) is 37.6 Å². The molecule has 5 nitrogen and oxygen atoms in total. The second kappa shape index (κ2) is 6.23. The van der Waals surface area contributed by atoms with Crippen molar-refractivity contribution in [1.29, 1.82) is 0 Å². The lowest BCUT2D eigenvalue weighted by Crippen LogP contribution is -2.19. The molecular weight excluding hydrogens is 252 g/mol. The van der Waals surface area contributed by atoms with E-state index in [1.807, 2.05) is 35.9 Å². The first-order chi connectivity index (χ1) is 9.67. The van der Waals surface area contributed by atoms with Gasteiger partial charge in [-0.2, -0.15) is 5.10 Å². The number of nitrogens with zero attached hydrogens (tertiary/aromatic N) is 2. The van der Waals surface area contributed by atoms with Gasteiger partial charge in [-0.15, -0.1) is 0 Å². The normalized spacial score (nSPS) is 10.3. The first-order valence-electron chi connectivity index (χ1n) is 6.73. The summed E-state index contributed by atoms with van der Waals surface area (Å²) in [6, 6.07) is 7.69. The highest BCUT2D eigenvalue weighted by molar-refractivity contribution is 5.96. The molecule has 1 aromatic heterocycles. The topological polar surface area (TPSA) is 59.0 Å². The van der Waals surface area contributed by atoms with Crippen molar-refractivity contribution in [2.24, 2.45) is 0 Å². The second-order valence-corrected chi connectivity index (χ2v) is 4.55. The molecule has 0 radical (unpaired) electrons. The van der Waals surface area contributed by atoms with E-state index < -0.39 is 0 Å². The number of aryl methyl sites for hydroxylation is 1. The molecule has 106 valence electrons. The summed E-state index contributed by atoms with van der Waals surface area (Å²) >= 11 is 0. The van der Waals surface area contributed by atoms with Crippen molar-refractivity contribution in [1.82, 2.24) is 15.1 Å². The number of hydrogen-bond donors (Lipinski definition) is 2. The van der Waals surface area contributed by atoms with Crippen LogP contribution in [0.3, 0.4) is 0 Å². The summed E-state index contributed by atoms with van der Waals surface area (Å²) in [6.45, 7) is 5.55. The zero-order valence-corrected chi connectivity index (χ0v) is 12.1. The number of anilines is 1. The van der Waals surface area contributed by atoms with Gasteiger partial charge in [0.15, 0.2) is 0 Å². The summed E-state index contributed by atoms with van der Waals surface area (Å²) in [5.41, 5.74) is 3.74. The number of carbonyl (C=O) groups is 1. The molecule has 2 aromatic rings. The van der Waals surface area contributed by atoms with Gasteiger partial charge in [-0.25, -0.2) is 0 Å². The third-order valence-corrected chi connectivity index (χ3v) is 3.37. The molecule has 2 N–H and O–H groups in total. The molecule has 0 aliphatic heterocycles. The maximum atomic E-state index is 11.8. The van der Waals surface area contributed by atoms with Crippen LogP contribution in [-0.2, 0) is 13.1 Å². The fraction of sp³-hybridized carbons (Fsp3) is 0.333. The monoisotopic (exact) mass is 272 g/mol. The van der Waals surface area contributed by atoms with Crippen molar-refractivity contribution < 1.29 is 4.79 Å². The van der Waals surface area contributed by atoms with Gasteiger partial charge < -0.3 is 10.6 Å². The van der Waals surface area contributed by atoms with Crippen LogP contribution in [0.2, 0.25) is 0 Å². The minimum Gasteiger partial charge on any atom is -0.379 e. The van der Waals surface area contributed by atoms with Crippen LogP contribution >= 0.6 is 0 Å². The molecule has 0 saturated heterocycles. The summed E-state index contributed by atoms with van der Waals surface area (Å²) in [7, 11) is 1.64. The van der Waals surface area contributed by atoms with Gasteiger partial charge >= 0.3 is 0 Å². The lowest BCUT2D eigenvalue weighted by atomic mass is 10.1. The molecule has 2 rings (SSSR count). The average Bonchev–Trinajstić information content (AvgIpc) is 2.93. The fourth-order valence-electron chi connectivity index (χ4n) is 2.19. The zero-order valence-electron chi connectivity index (χ0n) is 12.1. The Bertz CT molecular complexity index is 604. The molecule has 1 heterocycles. The number of rotatable bonds is 5. The van der Waals surface area contributed by atoms with E-state index >= 15 is 0 Å². The summed E-state index contributed by atoms with van der Waals surface area (Å²) in [5, 5.41) is 10.3. The van der Waals surface area contributed by atoms with Crippen LogP contribution in [0.15, 0.2) is 30.5 Å². The first kappa shape index (κ1) is 14.1. The molecular formula is C15H20N4O. The summed E-state index contributed by atoms with van der Waals surface area (Å²) in [6.07, 6.45) is 1.80. The highest BCUT2D eigenvalue weighted by atomic mass is 16.1. The Hall–Kier alpha value is -2.30. The lowest BCUT2D eigenvalue weighted by Gasteiger charge is -2.13. The summed E-state index contributed by atoms with van der Waals surface area (Å²) < 4.78 is 1.95. The van der Waals surface area contributed by atoms with E-state index in [1.165, 1.54) is 0 Å². The Kier molecular flexibility index (Phi) is 4.40. The highest BCUT2D eigenvalue weighted by Crippen LogP contribution is 2.19. The highest BCUT2D eigenvalue weighted by Gasteiger charge is 2.10. The molecule has 0 atom stereocenters. The summed E-state index contributed by atoms with van der Waals surface area (Å²) in [5.74, 6) is -0.0650. The van der Waals surface area contributed by atoms with Crippen molar-refractivity contribution in [2.75, 3.05) is 12.4 Å². The van der Waals surface area contributed by atoms with Crippen LogP contribution in [0.4, 0.5) is 5.69 Å². The molecule has 0 bridgehead atoms. The molecule has 20 heavy (non-hydrogen) atoms. The minimum absolute atomic E-state index is 0.0650.